The summed E-state index contributed by atoms with van der Waals surface area (Å²) in [5.74, 6) is -0.142. The standard InChI is InChI=1S/C23H30N4O2S/c1-3-25(4-2)13-17-9-7-8-12-26(17)14-22(28)27-20-11-6-5-10-19(20)24-23(29)18-15-30-16-21(18)27/h5-6,10-11,15-17H,3-4,7-9,12-14H2,1-2H3,(H,24,29). The maximum atomic E-state index is 13.7. The van der Waals surface area contributed by atoms with Crippen LogP contribution in [0.5, 0.6) is 0 Å². The maximum absolute atomic E-state index is 13.7. The molecule has 2 aliphatic heterocycles. The molecule has 1 fully saturated rings. The van der Waals surface area contributed by atoms with E-state index in [1.165, 1.54) is 17.8 Å². The minimum Gasteiger partial charge on any atom is -0.320 e. The number of anilines is 3. The molecule has 0 aliphatic carbocycles. The van der Waals surface area contributed by atoms with Gasteiger partial charge >= 0.3 is 0 Å². The van der Waals surface area contributed by atoms with Gasteiger partial charge in [-0.25, -0.2) is 0 Å². The van der Waals surface area contributed by atoms with E-state index in [1.54, 1.807) is 4.90 Å². The number of fused-ring (bicyclic) bond motifs is 2. The molecule has 1 N–H and O–H groups in total. The van der Waals surface area contributed by atoms with Gasteiger partial charge in [0.05, 0.1) is 29.2 Å². The number of thiophene rings is 1. The number of likely N-dealkylation sites (tertiary alicyclic amines) is 1. The van der Waals surface area contributed by atoms with Crippen molar-refractivity contribution in [3.63, 3.8) is 0 Å². The predicted octanol–water partition coefficient (Wildman–Crippen LogP) is 4.17. The highest BCUT2D eigenvalue weighted by Crippen LogP contribution is 2.39. The van der Waals surface area contributed by atoms with Crippen LogP contribution in [-0.4, -0.2) is 60.4 Å². The zero-order valence-electron chi connectivity index (χ0n) is 17.8. The number of nitrogens with zero attached hydrogens (tertiary/aromatic N) is 3. The minimum absolute atomic E-state index is 0.0186. The summed E-state index contributed by atoms with van der Waals surface area (Å²) in [5, 5.41) is 6.68. The Morgan fingerprint density at radius 1 is 1.17 bits per heavy atom. The first-order chi connectivity index (χ1) is 14.6. The third kappa shape index (κ3) is 4.15. The molecule has 0 radical (unpaired) electrons. The molecule has 3 heterocycles. The van der Waals surface area contributed by atoms with Crippen molar-refractivity contribution in [3.8, 4) is 0 Å². The monoisotopic (exact) mass is 426 g/mol. The van der Waals surface area contributed by atoms with Gasteiger partial charge in [-0.1, -0.05) is 32.4 Å². The molecule has 2 aromatic rings. The lowest BCUT2D eigenvalue weighted by Gasteiger charge is -2.38. The van der Waals surface area contributed by atoms with Crippen LogP contribution in [0, 0.1) is 0 Å². The highest BCUT2D eigenvalue weighted by Gasteiger charge is 2.33. The van der Waals surface area contributed by atoms with Gasteiger partial charge in [0.15, 0.2) is 0 Å². The van der Waals surface area contributed by atoms with Crippen LogP contribution >= 0.6 is 11.3 Å². The Hall–Kier alpha value is -2.22. The Bertz CT molecular complexity index is 908. The normalized spacial score (nSPS) is 19.2. The van der Waals surface area contributed by atoms with Gasteiger partial charge in [0.1, 0.15) is 0 Å². The first-order valence-corrected chi connectivity index (χ1v) is 11.8. The number of piperidine rings is 1. The van der Waals surface area contributed by atoms with Gasteiger partial charge < -0.3 is 10.2 Å². The zero-order valence-corrected chi connectivity index (χ0v) is 18.6. The number of rotatable bonds is 6. The van der Waals surface area contributed by atoms with E-state index in [0.29, 0.717) is 29.5 Å². The topological polar surface area (TPSA) is 55.9 Å². The van der Waals surface area contributed by atoms with E-state index >= 15 is 0 Å². The summed E-state index contributed by atoms with van der Waals surface area (Å²) in [6.45, 7) is 8.75. The van der Waals surface area contributed by atoms with Gasteiger partial charge in [0, 0.05) is 23.3 Å². The average Bonchev–Trinajstić information content (AvgIpc) is 3.20. The fourth-order valence-electron chi connectivity index (χ4n) is 4.50. The van der Waals surface area contributed by atoms with Gasteiger partial charge in [-0.05, 0) is 44.6 Å². The summed E-state index contributed by atoms with van der Waals surface area (Å²) < 4.78 is 0. The van der Waals surface area contributed by atoms with Crippen molar-refractivity contribution in [2.45, 2.75) is 39.2 Å². The number of hydrogen-bond donors (Lipinski definition) is 1. The quantitative estimate of drug-likeness (QED) is 0.753. The Morgan fingerprint density at radius 3 is 2.77 bits per heavy atom. The van der Waals surface area contributed by atoms with Gasteiger partial charge in [0.2, 0.25) is 5.91 Å². The van der Waals surface area contributed by atoms with E-state index < -0.39 is 0 Å². The molecule has 1 unspecified atom stereocenters. The third-order valence-electron chi connectivity index (χ3n) is 6.22. The second kappa shape index (κ2) is 9.29. The largest absolute Gasteiger partial charge is 0.320 e. The van der Waals surface area contributed by atoms with Crippen LogP contribution in [0.15, 0.2) is 35.0 Å². The molecule has 1 atom stereocenters. The number of para-hydroxylation sites is 2. The molecule has 0 saturated carbocycles. The van der Waals surface area contributed by atoms with Crippen molar-refractivity contribution in [2.24, 2.45) is 0 Å². The van der Waals surface area contributed by atoms with Crippen molar-refractivity contribution in [2.75, 3.05) is 42.9 Å². The van der Waals surface area contributed by atoms with Gasteiger partial charge in [0.25, 0.3) is 5.91 Å². The predicted molar refractivity (Wildman–Crippen MR) is 123 cm³/mol. The summed E-state index contributed by atoms with van der Waals surface area (Å²) >= 11 is 1.45. The molecule has 0 bridgehead atoms. The Labute approximate surface area is 182 Å². The minimum atomic E-state index is -0.161. The van der Waals surface area contributed by atoms with Crippen LogP contribution < -0.4 is 10.2 Å². The van der Waals surface area contributed by atoms with Crippen molar-refractivity contribution in [1.29, 1.82) is 0 Å². The zero-order chi connectivity index (χ0) is 21.1. The number of benzene rings is 1. The molecule has 2 amide bonds. The molecule has 160 valence electrons. The molecule has 1 saturated heterocycles. The molecule has 30 heavy (non-hydrogen) atoms. The van der Waals surface area contributed by atoms with Crippen LogP contribution in [-0.2, 0) is 4.79 Å². The molecule has 7 heteroatoms. The highest BCUT2D eigenvalue weighted by atomic mass is 32.1. The first kappa shape index (κ1) is 21.0. The fraction of sp³-hybridized carbons (Fsp3) is 0.478. The summed E-state index contributed by atoms with van der Waals surface area (Å²) in [6, 6.07) is 7.95. The molecule has 0 spiro atoms. The SMILES string of the molecule is CCN(CC)CC1CCCCN1CC(=O)N1c2ccccc2NC(=O)c2cscc21. The molecule has 1 aromatic heterocycles. The number of hydrogen-bond acceptors (Lipinski definition) is 5. The van der Waals surface area contributed by atoms with Gasteiger partial charge in [-0.2, -0.15) is 0 Å². The summed E-state index contributed by atoms with van der Waals surface area (Å²) in [4.78, 5) is 32.8. The molecular weight excluding hydrogens is 396 g/mol. The van der Waals surface area contributed by atoms with Crippen LogP contribution in [0.2, 0.25) is 0 Å². The molecule has 6 nitrogen and oxygen atoms in total. The second-order valence-electron chi connectivity index (χ2n) is 7.98. The van der Waals surface area contributed by atoms with E-state index in [4.69, 9.17) is 0 Å². The lowest BCUT2D eigenvalue weighted by atomic mass is 10.0. The number of amides is 2. The van der Waals surface area contributed by atoms with E-state index in [9.17, 15) is 9.59 Å². The lowest BCUT2D eigenvalue weighted by Crippen LogP contribution is -2.50. The number of nitrogens with one attached hydrogen (secondary N) is 1. The van der Waals surface area contributed by atoms with Crippen LogP contribution in [0.4, 0.5) is 17.1 Å². The molecule has 1 aromatic carbocycles. The van der Waals surface area contributed by atoms with Crippen molar-refractivity contribution >= 4 is 40.2 Å². The number of carbonyl (C=O) groups is 2. The van der Waals surface area contributed by atoms with Gasteiger partial charge in [-0.15, -0.1) is 11.3 Å². The molecule has 2 aliphatic rings. The van der Waals surface area contributed by atoms with Gasteiger partial charge in [-0.3, -0.25) is 19.4 Å². The fourth-order valence-corrected chi connectivity index (χ4v) is 5.29. The molecular formula is C23H30N4O2S. The summed E-state index contributed by atoms with van der Waals surface area (Å²) in [7, 11) is 0. The van der Waals surface area contributed by atoms with Crippen LogP contribution in [0.25, 0.3) is 0 Å². The van der Waals surface area contributed by atoms with E-state index in [1.807, 2.05) is 35.0 Å². The Kier molecular flexibility index (Phi) is 6.51. The van der Waals surface area contributed by atoms with Crippen LogP contribution in [0.1, 0.15) is 43.5 Å². The number of likely N-dealkylation sites (N-methyl/N-ethyl adjacent to an activating group) is 1. The van der Waals surface area contributed by atoms with Crippen molar-refractivity contribution in [3.05, 3.63) is 40.6 Å². The van der Waals surface area contributed by atoms with Crippen molar-refractivity contribution < 1.29 is 9.59 Å². The third-order valence-corrected chi connectivity index (χ3v) is 6.95. The first-order valence-electron chi connectivity index (χ1n) is 10.9. The lowest BCUT2D eigenvalue weighted by molar-refractivity contribution is -0.120. The van der Waals surface area contributed by atoms with E-state index in [-0.39, 0.29) is 11.8 Å². The van der Waals surface area contributed by atoms with Crippen LogP contribution in [0.3, 0.4) is 0 Å². The second-order valence-corrected chi connectivity index (χ2v) is 8.72. The smallest absolute Gasteiger partial charge is 0.258 e. The Morgan fingerprint density at radius 2 is 1.97 bits per heavy atom. The Balaban J connectivity index is 1.61. The molecule has 4 rings (SSSR count). The average molecular weight is 427 g/mol. The van der Waals surface area contributed by atoms with Crippen molar-refractivity contribution in [1.82, 2.24) is 9.80 Å². The van der Waals surface area contributed by atoms with E-state index in [0.717, 1.165) is 44.7 Å². The van der Waals surface area contributed by atoms with E-state index in [2.05, 4.69) is 29.0 Å². The highest BCUT2D eigenvalue weighted by molar-refractivity contribution is 7.08. The number of carbonyl (C=O) groups excluding carboxylic acids is 2. The summed E-state index contributed by atoms with van der Waals surface area (Å²) in [6.07, 6.45) is 3.47. The summed E-state index contributed by atoms with van der Waals surface area (Å²) in [5.41, 5.74) is 2.66. The maximum Gasteiger partial charge on any atom is 0.258 e.